The second kappa shape index (κ2) is 3.68. The number of hydrogen-bond donors (Lipinski definition) is 2. The van der Waals surface area contributed by atoms with Crippen molar-refractivity contribution in [3.63, 3.8) is 0 Å². The van der Waals surface area contributed by atoms with Gasteiger partial charge in [-0.15, -0.1) is 0 Å². The standard InChI is InChI=1S/C7H6N2O3S2/c10-4-5(11)14(7(12)13-4)6-8-2-1-3-9-6/h1-2,8-9H,3H2. The van der Waals surface area contributed by atoms with Gasteiger partial charge in [-0.05, 0) is 6.20 Å². The Morgan fingerprint density at radius 3 is 2.64 bits per heavy atom. The molecule has 14 heavy (non-hydrogen) atoms. The topological polar surface area (TPSA) is 75.3 Å². The second-order valence-corrected chi connectivity index (χ2v) is 5.46. The minimum absolute atomic E-state index is 0.384. The van der Waals surface area contributed by atoms with E-state index in [2.05, 4.69) is 10.6 Å². The van der Waals surface area contributed by atoms with E-state index in [1.807, 2.05) is 6.08 Å². The van der Waals surface area contributed by atoms with Gasteiger partial charge < -0.3 is 5.32 Å². The minimum Gasteiger partial charge on any atom is -0.348 e. The largest absolute Gasteiger partial charge is 0.348 e. The molecule has 0 radical (unpaired) electrons. The molecule has 1 atom stereocenters. The highest BCUT2D eigenvalue weighted by Crippen LogP contribution is 2.35. The molecule has 0 spiro atoms. The molecule has 0 amide bonds. The molecule has 74 valence electrons. The van der Waals surface area contributed by atoms with Gasteiger partial charge >= 0.3 is 0 Å². The van der Waals surface area contributed by atoms with Crippen LogP contribution in [0.4, 0.5) is 4.79 Å². The van der Waals surface area contributed by atoms with Gasteiger partial charge in [-0.3, -0.25) is 19.7 Å². The van der Waals surface area contributed by atoms with Crippen LogP contribution in [0.15, 0.2) is 12.3 Å². The summed E-state index contributed by atoms with van der Waals surface area (Å²) in [5.41, 5.74) is 0. The third-order valence-corrected chi connectivity index (χ3v) is 4.59. The third-order valence-electron chi connectivity index (χ3n) is 1.61. The van der Waals surface area contributed by atoms with Crippen LogP contribution in [0.25, 0.3) is 0 Å². The molecule has 1 fully saturated rings. The smallest absolute Gasteiger partial charge is 0.274 e. The molecule has 5 nitrogen and oxygen atoms in total. The van der Waals surface area contributed by atoms with Crippen molar-refractivity contribution >= 4 is 42.0 Å². The van der Waals surface area contributed by atoms with Crippen LogP contribution in [0.2, 0.25) is 0 Å². The first kappa shape index (κ1) is 9.63. The molecule has 2 rings (SSSR count). The van der Waals surface area contributed by atoms with Crippen molar-refractivity contribution in [2.45, 2.75) is 0 Å². The van der Waals surface area contributed by atoms with Gasteiger partial charge in [0.1, 0.15) is 5.11 Å². The summed E-state index contributed by atoms with van der Waals surface area (Å²) in [6.45, 7) is 0.561. The summed E-state index contributed by atoms with van der Waals surface area (Å²) < 4.78 is -0.384. The molecular formula is C7H6N2O3S2. The van der Waals surface area contributed by atoms with E-state index in [0.717, 1.165) is 0 Å². The Bertz CT molecular complexity index is 400. The van der Waals surface area contributed by atoms with Gasteiger partial charge in [0.15, 0.2) is 0 Å². The molecule has 1 unspecified atom stereocenters. The van der Waals surface area contributed by atoms with Crippen molar-refractivity contribution in [1.29, 1.82) is 0 Å². The van der Waals surface area contributed by atoms with Crippen molar-refractivity contribution in [2.75, 3.05) is 6.54 Å². The highest BCUT2D eigenvalue weighted by Gasteiger charge is 2.37. The van der Waals surface area contributed by atoms with Gasteiger partial charge in [0, 0.05) is 28.8 Å². The van der Waals surface area contributed by atoms with Crippen molar-refractivity contribution in [3.05, 3.63) is 12.3 Å². The molecule has 0 aromatic rings. The predicted octanol–water partition coefficient (Wildman–Crippen LogP) is -0.0308. The highest BCUT2D eigenvalue weighted by atomic mass is 32.2. The lowest BCUT2D eigenvalue weighted by Gasteiger charge is -2.13. The van der Waals surface area contributed by atoms with E-state index >= 15 is 0 Å². The lowest BCUT2D eigenvalue weighted by atomic mass is 10.5. The molecule has 0 aromatic heterocycles. The van der Waals surface area contributed by atoms with Crippen LogP contribution >= 0.6 is 22.2 Å². The van der Waals surface area contributed by atoms with Crippen molar-refractivity contribution < 1.29 is 14.4 Å². The van der Waals surface area contributed by atoms with Crippen molar-refractivity contribution in [1.82, 2.24) is 10.6 Å². The summed E-state index contributed by atoms with van der Waals surface area (Å²) in [6, 6.07) is 0. The summed E-state index contributed by atoms with van der Waals surface area (Å²) in [5, 5.41) is 4.79. The average molecular weight is 230 g/mol. The van der Waals surface area contributed by atoms with E-state index in [1.165, 1.54) is 0 Å². The predicted molar refractivity (Wildman–Crippen MR) is 55.9 cm³/mol. The first-order chi connectivity index (χ1) is 6.70. The fraction of sp³-hybridized carbons (Fsp3) is 0.143. The van der Waals surface area contributed by atoms with Crippen LogP contribution in [0.5, 0.6) is 0 Å². The molecule has 2 heterocycles. The minimum atomic E-state index is -1.25. The Morgan fingerprint density at radius 1 is 1.36 bits per heavy atom. The zero-order valence-electron chi connectivity index (χ0n) is 6.90. The summed E-state index contributed by atoms with van der Waals surface area (Å²) in [5.74, 6) is 0. The van der Waals surface area contributed by atoms with Gasteiger partial charge in [0.2, 0.25) is 0 Å². The van der Waals surface area contributed by atoms with E-state index in [9.17, 15) is 14.4 Å². The fourth-order valence-corrected chi connectivity index (χ4v) is 3.75. The Hall–Kier alpha value is -0.920. The van der Waals surface area contributed by atoms with E-state index in [1.54, 1.807) is 6.20 Å². The summed E-state index contributed by atoms with van der Waals surface area (Å²) >= 11 is 0.490. The van der Waals surface area contributed by atoms with E-state index in [0.29, 0.717) is 23.4 Å². The fourth-order valence-electron chi connectivity index (χ4n) is 1.02. The average Bonchev–Trinajstić information content (AvgIpc) is 2.43. The maximum absolute atomic E-state index is 11.3. The summed E-state index contributed by atoms with van der Waals surface area (Å²) in [7, 11) is -1.25. The molecule has 0 bridgehead atoms. The Balaban J connectivity index is 2.41. The quantitative estimate of drug-likeness (QED) is 0.449. The number of nitrogens with one attached hydrogen (secondary N) is 2. The first-order valence-electron chi connectivity index (χ1n) is 3.77. The molecule has 2 aliphatic rings. The number of rotatable bonds is 0. The molecule has 0 saturated carbocycles. The molecule has 0 aliphatic carbocycles. The van der Waals surface area contributed by atoms with Crippen molar-refractivity contribution in [3.8, 4) is 0 Å². The zero-order valence-corrected chi connectivity index (χ0v) is 8.54. The molecule has 2 aliphatic heterocycles. The van der Waals surface area contributed by atoms with E-state index in [4.69, 9.17) is 0 Å². The lowest BCUT2D eigenvalue weighted by Crippen LogP contribution is -2.38. The SMILES string of the molecule is O=C1SC(=O)S(=C2NC=CCN2)C1=O. The second-order valence-electron chi connectivity index (χ2n) is 2.49. The number of hydrogen-bond acceptors (Lipinski definition) is 4. The molecule has 0 aromatic carbocycles. The third kappa shape index (κ3) is 1.54. The molecular weight excluding hydrogens is 224 g/mol. The van der Waals surface area contributed by atoms with Crippen LogP contribution in [0, 0.1) is 0 Å². The molecule has 7 heteroatoms. The molecule has 1 saturated heterocycles. The van der Waals surface area contributed by atoms with Crippen LogP contribution in [-0.2, 0) is 9.59 Å². The summed E-state index contributed by atoms with van der Waals surface area (Å²) in [4.78, 5) is 33.6. The van der Waals surface area contributed by atoms with Crippen LogP contribution in [-0.4, -0.2) is 26.3 Å². The summed E-state index contributed by atoms with van der Waals surface area (Å²) in [6.07, 6.45) is 3.46. The Labute approximate surface area is 86.2 Å². The Kier molecular flexibility index (Phi) is 2.53. The van der Waals surface area contributed by atoms with Gasteiger partial charge in [-0.25, -0.2) is 0 Å². The zero-order chi connectivity index (χ0) is 10.1. The maximum atomic E-state index is 11.3. The van der Waals surface area contributed by atoms with Crippen LogP contribution in [0.3, 0.4) is 0 Å². The Morgan fingerprint density at radius 2 is 2.14 bits per heavy atom. The van der Waals surface area contributed by atoms with Crippen LogP contribution in [0.1, 0.15) is 0 Å². The normalized spacial score (nSPS) is 29.6. The van der Waals surface area contributed by atoms with Gasteiger partial charge in [-0.2, -0.15) is 0 Å². The number of carbonyl (C=O) groups excluding carboxylic acids is 3. The monoisotopic (exact) mass is 230 g/mol. The van der Waals surface area contributed by atoms with E-state index < -0.39 is 20.7 Å². The maximum Gasteiger partial charge on any atom is 0.274 e. The first-order valence-corrected chi connectivity index (χ1v) is 5.81. The van der Waals surface area contributed by atoms with Crippen molar-refractivity contribution in [2.24, 2.45) is 0 Å². The van der Waals surface area contributed by atoms with Gasteiger partial charge in [0.25, 0.3) is 14.7 Å². The van der Waals surface area contributed by atoms with Gasteiger partial charge in [-0.1, -0.05) is 6.08 Å². The number of carbonyl (C=O) groups is 3. The number of thioether (sulfide) groups is 1. The van der Waals surface area contributed by atoms with Gasteiger partial charge in [0.05, 0.1) is 0 Å². The van der Waals surface area contributed by atoms with E-state index in [-0.39, 0.29) is 4.45 Å². The van der Waals surface area contributed by atoms with Crippen LogP contribution < -0.4 is 10.6 Å². The highest BCUT2D eigenvalue weighted by molar-refractivity contribution is 8.63. The lowest BCUT2D eigenvalue weighted by molar-refractivity contribution is -0.126. The molecule has 2 N–H and O–H groups in total.